The fourth-order valence-corrected chi connectivity index (χ4v) is 3.57. The van der Waals surface area contributed by atoms with Crippen LogP contribution >= 0.6 is 27.7 Å². The number of halogens is 1. The Morgan fingerprint density at radius 2 is 1.85 bits per heavy atom. The van der Waals surface area contributed by atoms with Crippen LogP contribution in [-0.2, 0) is 0 Å². The third-order valence-corrected chi connectivity index (χ3v) is 5.17. The third-order valence-electron chi connectivity index (χ3n) is 3.60. The van der Waals surface area contributed by atoms with Crippen LogP contribution in [0.5, 0.6) is 0 Å². The second kappa shape index (κ2) is 8.29. The van der Waals surface area contributed by atoms with Crippen molar-refractivity contribution >= 4 is 45.3 Å². The van der Waals surface area contributed by atoms with E-state index in [1.54, 1.807) is 18.3 Å². The third kappa shape index (κ3) is 4.80. The summed E-state index contributed by atoms with van der Waals surface area (Å²) in [6.07, 6.45) is 1.63. The molecule has 3 rings (SSSR count). The summed E-state index contributed by atoms with van der Waals surface area (Å²) >= 11 is 4.78. The van der Waals surface area contributed by atoms with E-state index < -0.39 is 0 Å². The lowest BCUT2D eigenvalue weighted by molar-refractivity contribution is -0.387. The number of rotatable bonds is 5. The van der Waals surface area contributed by atoms with Crippen LogP contribution in [0.1, 0.15) is 11.1 Å². The first-order valence-electron chi connectivity index (χ1n) is 7.84. The Hall–Kier alpha value is -2.44. The summed E-state index contributed by atoms with van der Waals surface area (Å²) in [5.41, 5.74) is 2.70. The molecule has 0 aliphatic carbocycles. The zero-order valence-corrected chi connectivity index (χ0v) is 16.3. The average Bonchev–Trinajstić information content (AvgIpc) is 2.62. The van der Waals surface area contributed by atoms with Crippen LogP contribution in [0.3, 0.4) is 0 Å². The number of hydrogen-bond acceptors (Lipinski definition) is 4. The smallest absolute Gasteiger partial charge is 0.258 e. The van der Waals surface area contributed by atoms with Gasteiger partial charge in [-0.3, -0.25) is 15.1 Å². The highest BCUT2D eigenvalue weighted by molar-refractivity contribution is 9.10. The molecule has 0 spiro atoms. The van der Waals surface area contributed by atoms with Crippen LogP contribution in [0.15, 0.2) is 86.0 Å². The largest absolute Gasteiger partial charge is 0.283 e. The summed E-state index contributed by atoms with van der Waals surface area (Å²) < 4.78 is 0.933. The number of hydrogen-bond donors (Lipinski definition) is 0. The summed E-state index contributed by atoms with van der Waals surface area (Å²) in [4.78, 5) is 17.1. The molecule has 3 aromatic carbocycles. The molecule has 0 saturated carbocycles. The van der Waals surface area contributed by atoms with Crippen LogP contribution in [0, 0.1) is 17.0 Å². The van der Waals surface area contributed by atoms with E-state index in [1.165, 1.54) is 11.8 Å². The van der Waals surface area contributed by atoms with E-state index in [1.807, 2.05) is 61.5 Å². The van der Waals surface area contributed by atoms with Gasteiger partial charge in [-0.1, -0.05) is 57.5 Å². The van der Waals surface area contributed by atoms with Crippen molar-refractivity contribution in [2.45, 2.75) is 16.7 Å². The first-order chi connectivity index (χ1) is 12.5. The molecule has 0 bridgehead atoms. The van der Waals surface area contributed by atoms with E-state index in [4.69, 9.17) is 0 Å². The maximum absolute atomic E-state index is 11.5. The number of aliphatic imine (C=N–C) groups is 1. The first kappa shape index (κ1) is 18.4. The van der Waals surface area contributed by atoms with Gasteiger partial charge in [0.2, 0.25) is 0 Å². The monoisotopic (exact) mass is 426 g/mol. The topological polar surface area (TPSA) is 55.5 Å². The van der Waals surface area contributed by atoms with Gasteiger partial charge in [-0.15, -0.1) is 0 Å². The maximum Gasteiger partial charge on any atom is 0.283 e. The molecule has 0 atom stereocenters. The molecule has 0 fully saturated rings. The van der Waals surface area contributed by atoms with Gasteiger partial charge in [0.1, 0.15) is 0 Å². The van der Waals surface area contributed by atoms with Gasteiger partial charge in [0.05, 0.1) is 15.5 Å². The van der Waals surface area contributed by atoms with Gasteiger partial charge in [-0.25, -0.2) is 0 Å². The van der Waals surface area contributed by atoms with Crippen LogP contribution in [0.4, 0.5) is 11.4 Å². The predicted octanol–water partition coefficient (Wildman–Crippen LogP) is 6.57. The van der Waals surface area contributed by atoms with Crippen molar-refractivity contribution in [1.29, 1.82) is 0 Å². The highest BCUT2D eigenvalue weighted by atomic mass is 79.9. The molecule has 0 amide bonds. The molecule has 0 aliphatic heterocycles. The second-order valence-corrected chi connectivity index (χ2v) is 7.67. The Labute approximate surface area is 164 Å². The van der Waals surface area contributed by atoms with Gasteiger partial charge in [-0.05, 0) is 48.9 Å². The first-order valence-corrected chi connectivity index (χ1v) is 9.45. The van der Waals surface area contributed by atoms with Crippen molar-refractivity contribution in [3.63, 3.8) is 0 Å². The van der Waals surface area contributed by atoms with Crippen LogP contribution < -0.4 is 0 Å². The standard InChI is InChI=1S/C20H15BrN2O2S/c1-14-5-8-18(9-6-14)26-20-10-7-15(11-19(20)23(24)25)13-22-17-4-2-3-16(21)12-17/h2-13H,1H3. The summed E-state index contributed by atoms with van der Waals surface area (Å²) in [6.45, 7) is 2.01. The fourth-order valence-electron chi connectivity index (χ4n) is 2.28. The Morgan fingerprint density at radius 3 is 2.54 bits per heavy atom. The Kier molecular flexibility index (Phi) is 5.85. The molecule has 26 heavy (non-hydrogen) atoms. The van der Waals surface area contributed by atoms with E-state index in [9.17, 15) is 10.1 Å². The van der Waals surface area contributed by atoms with E-state index in [-0.39, 0.29) is 10.6 Å². The molecule has 130 valence electrons. The molecular formula is C20H15BrN2O2S. The van der Waals surface area contributed by atoms with Gasteiger partial charge in [0.15, 0.2) is 0 Å². The van der Waals surface area contributed by atoms with Crippen molar-refractivity contribution in [3.8, 4) is 0 Å². The lowest BCUT2D eigenvalue weighted by atomic mass is 10.2. The van der Waals surface area contributed by atoms with Crippen molar-refractivity contribution in [2.75, 3.05) is 0 Å². The van der Waals surface area contributed by atoms with Gasteiger partial charge in [0, 0.05) is 21.6 Å². The minimum absolute atomic E-state index is 0.0776. The molecule has 0 N–H and O–H groups in total. The number of nitro groups is 1. The fraction of sp³-hybridized carbons (Fsp3) is 0.0500. The van der Waals surface area contributed by atoms with Crippen LogP contribution in [0.2, 0.25) is 0 Å². The van der Waals surface area contributed by atoms with Gasteiger partial charge < -0.3 is 0 Å². The van der Waals surface area contributed by atoms with Crippen LogP contribution in [-0.4, -0.2) is 11.1 Å². The number of aryl methyl sites for hydroxylation is 1. The molecule has 0 saturated heterocycles. The van der Waals surface area contributed by atoms with Crippen molar-refractivity contribution in [2.24, 2.45) is 4.99 Å². The van der Waals surface area contributed by atoms with E-state index in [0.717, 1.165) is 20.6 Å². The Morgan fingerprint density at radius 1 is 1.08 bits per heavy atom. The second-order valence-electron chi connectivity index (χ2n) is 5.64. The Balaban J connectivity index is 1.86. The molecular weight excluding hydrogens is 412 g/mol. The van der Waals surface area contributed by atoms with Crippen molar-refractivity contribution in [3.05, 3.63) is 92.4 Å². The SMILES string of the molecule is Cc1ccc(Sc2ccc(C=Nc3cccc(Br)c3)cc2[N+](=O)[O-])cc1. The molecule has 0 unspecified atom stereocenters. The Bertz CT molecular complexity index is 972. The number of nitrogens with zero attached hydrogens (tertiary/aromatic N) is 2. The quantitative estimate of drug-likeness (QED) is 0.263. The minimum Gasteiger partial charge on any atom is -0.258 e. The van der Waals surface area contributed by atoms with E-state index in [2.05, 4.69) is 20.9 Å². The van der Waals surface area contributed by atoms with Gasteiger partial charge in [-0.2, -0.15) is 0 Å². The summed E-state index contributed by atoms with van der Waals surface area (Å²) in [5.74, 6) is 0. The minimum atomic E-state index is -0.354. The summed E-state index contributed by atoms with van der Waals surface area (Å²) in [5, 5.41) is 11.5. The molecule has 0 aliphatic rings. The van der Waals surface area contributed by atoms with Gasteiger partial charge in [0.25, 0.3) is 5.69 Å². The van der Waals surface area contributed by atoms with Crippen molar-refractivity contribution < 1.29 is 4.92 Å². The molecule has 3 aromatic rings. The zero-order chi connectivity index (χ0) is 18.5. The normalized spacial score (nSPS) is 11.0. The number of benzene rings is 3. The lowest BCUT2D eigenvalue weighted by Gasteiger charge is -2.04. The van der Waals surface area contributed by atoms with Gasteiger partial charge >= 0.3 is 0 Å². The average molecular weight is 427 g/mol. The van der Waals surface area contributed by atoms with Crippen LogP contribution in [0.25, 0.3) is 0 Å². The highest BCUT2D eigenvalue weighted by Gasteiger charge is 2.15. The lowest BCUT2D eigenvalue weighted by Crippen LogP contribution is -1.93. The molecule has 0 aromatic heterocycles. The highest BCUT2D eigenvalue weighted by Crippen LogP contribution is 2.35. The summed E-state index contributed by atoms with van der Waals surface area (Å²) in [7, 11) is 0. The molecule has 0 radical (unpaired) electrons. The van der Waals surface area contributed by atoms with E-state index >= 15 is 0 Å². The zero-order valence-electron chi connectivity index (χ0n) is 13.9. The molecule has 4 nitrogen and oxygen atoms in total. The molecule has 0 heterocycles. The number of nitro benzene ring substituents is 1. The van der Waals surface area contributed by atoms with E-state index in [0.29, 0.717) is 10.5 Å². The predicted molar refractivity (Wildman–Crippen MR) is 110 cm³/mol. The summed E-state index contributed by atoms with van der Waals surface area (Å²) in [6, 6.07) is 20.6. The maximum atomic E-state index is 11.5. The molecule has 6 heteroatoms. The van der Waals surface area contributed by atoms with Crippen molar-refractivity contribution in [1.82, 2.24) is 0 Å².